The van der Waals surface area contributed by atoms with Crippen LogP contribution in [0.2, 0.25) is 0 Å². The number of carbonyl (C=O) groups is 1. The van der Waals surface area contributed by atoms with Crippen LogP contribution in [0.1, 0.15) is 79.1 Å². The van der Waals surface area contributed by atoms with Crippen LogP contribution in [0.4, 0.5) is 8.78 Å². The van der Waals surface area contributed by atoms with Gasteiger partial charge in [0.25, 0.3) is 0 Å². The van der Waals surface area contributed by atoms with Crippen molar-refractivity contribution in [1.29, 1.82) is 0 Å². The molecule has 4 aromatic carbocycles. The molecule has 5 nitrogen and oxygen atoms in total. The van der Waals surface area contributed by atoms with Crippen LogP contribution < -0.4 is 9.47 Å². The molecule has 5 rings (SSSR count). The summed E-state index contributed by atoms with van der Waals surface area (Å²) < 4.78 is 44.8. The minimum atomic E-state index is -1.16. The van der Waals surface area contributed by atoms with Crippen LogP contribution in [-0.2, 0) is 18.0 Å². The Labute approximate surface area is 353 Å². The predicted molar refractivity (Wildman–Crippen MR) is 232 cm³/mol. The first kappa shape index (κ1) is 48.6. The molecule has 0 spiro atoms. The number of aliphatic hydroxyl groups is 1. The summed E-state index contributed by atoms with van der Waals surface area (Å²) in [7, 11) is 0. The third kappa shape index (κ3) is 19.6. The predicted octanol–water partition coefficient (Wildman–Crippen LogP) is 13.0. The summed E-state index contributed by atoms with van der Waals surface area (Å²) in [4.78, 5) is 10.9. The van der Waals surface area contributed by atoms with Crippen LogP contribution in [0.15, 0.2) is 110 Å². The summed E-state index contributed by atoms with van der Waals surface area (Å²) in [6, 6.07) is 28.6. The molecule has 0 aliphatic carbocycles. The molecule has 0 saturated carbocycles. The SMILES string of the molecule is C=CC(CO)CCC.CCCC1COC(c2ccc(OCc3ccccc3)c(F)c2)CC1Br.O=Cc1ccc(OCc2ccccc2)c(F)c1.[Br][Bi]([Br])[Br]. The summed E-state index contributed by atoms with van der Waals surface area (Å²) in [6.07, 6.45) is 7.71. The maximum atomic E-state index is 14.4. The first-order valence-electron chi connectivity index (χ1n) is 17.7. The molecule has 4 atom stereocenters. The Bertz CT molecular complexity index is 1620. The molecular formula is C42H49BiBr4F2O5. The normalized spacial score (nSPS) is 16.6. The van der Waals surface area contributed by atoms with Gasteiger partial charge in [0.2, 0.25) is 0 Å². The number of aldehydes is 1. The van der Waals surface area contributed by atoms with Crippen molar-refractivity contribution in [1.82, 2.24) is 0 Å². The van der Waals surface area contributed by atoms with Gasteiger partial charge < -0.3 is 19.3 Å². The zero-order valence-corrected chi connectivity index (χ0v) is 40.4. The Kier molecular flexibility index (Phi) is 25.9. The van der Waals surface area contributed by atoms with Gasteiger partial charge >= 0.3 is 51.4 Å². The molecule has 1 heterocycles. The van der Waals surface area contributed by atoms with Crippen molar-refractivity contribution < 1.29 is 32.9 Å². The quantitative estimate of drug-likeness (QED) is 0.0590. The van der Waals surface area contributed by atoms with Gasteiger partial charge in [-0.05, 0) is 78.1 Å². The third-order valence-corrected chi connectivity index (χ3v) is 9.36. The monoisotopic (exact) mass is 1200 g/mol. The fourth-order valence-electron chi connectivity index (χ4n) is 5.34. The van der Waals surface area contributed by atoms with Gasteiger partial charge in [-0.25, -0.2) is 8.78 Å². The second-order valence-electron chi connectivity index (χ2n) is 12.3. The van der Waals surface area contributed by atoms with Crippen molar-refractivity contribution in [3.8, 4) is 11.5 Å². The summed E-state index contributed by atoms with van der Waals surface area (Å²) in [5.41, 5.74) is 3.16. The molecule has 1 saturated heterocycles. The van der Waals surface area contributed by atoms with Crippen LogP contribution in [0, 0.1) is 23.5 Å². The number of ether oxygens (including phenoxy) is 3. The fraction of sp³-hybridized carbons (Fsp3) is 0.357. The molecule has 0 bridgehead atoms. The van der Waals surface area contributed by atoms with Crippen LogP contribution in [0.3, 0.4) is 0 Å². The van der Waals surface area contributed by atoms with E-state index in [1.807, 2.05) is 72.8 Å². The molecule has 4 unspecified atom stereocenters. The van der Waals surface area contributed by atoms with Gasteiger partial charge in [0.1, 0.15) is 19.5 Å². The minimum absolute atomic E-state index is 0.0600. The summed E-state index contributed by atoms with van der Waals surface area (Å²) in [5.74, 6) is 0.436. The molecule has 1 fully saturated rings. The molecule has 0 amide bonds. The van der Waals surface area contributed by atoms with Crippen LogP contribution >= 0.6 is 52.6 Å². The number of carbonyl (C=O) groups excluding carboxylic acids is 1. The van der Waals surface area contributed by atoms with Gasteiger partial charge in [-0.1, -0.05) is 115 Å². The molecule has 1 N–H and O–H groups in total. The first-order valence-corrected chi connectivity index (χ1v) is 41.2. The summed E-state index contributed by atoms with van der Waals surface area (Å²) in [6.45, 7) is 9.52. The van der Waals surface area contributed by atoms with E-state index in [1.165, 1.54) is 12.1 Å². The van der Waals surface area contributed by atoms with E-state index in [4.69, 9.17) is 19.3 Å². The molecule has 54 heavy (non-hydrogen) atoms. The Balaban J connectivity index is 0.000000299. The van der Waals surface area contributed by atoms with Gasteiger partial charge in [0, 0.05) is 17.0 Å². The Morgan fingerprint density at radius 2 is 1.41 bits per heavy atom. The third-order valence-electron chi connectivity index (χ3n) is 8.24. The molecule has 0 radical (unpaired) electrons. The number of alkyl halides is 1. The van der Waals surface area contributed by atoms with Crippen molar-refractivity contribution >= 4 is 73.6 Å². The van der Waals surface area contributed by atoms with Gasteiger partial charge in [-0.3, -0.25) is 4.79 Å². The topological polar surface area (TPSA) is 65.0 Å². The average molecular weight is 1200 g/mol. The van der Waals surface area contributed by atoms with E-state index in [-0.39, 0.29) is 30.0 Å². The van der Waals surface area contributed by atoms with Crippen LogP contribution in [0.25, 0.3) is 0 Å². The summed E-state index contributed by atoms with van der Waals surface area (Å²) >= 11 is 12.5. The number of hydrogen-bond donors (Lipinski definition) is 1. The number of hydrogen-bond acceptors (Lipinski definition) is 5. The molecule has 294 valence electrons. The average Bonchev–Trinajstić information content (AvgIpc) is 3.18. The molecule has 1 aliphatic rings. The maximum absolute atomic E-state index is 14.4. The van der Waals surface area contributed by atoms with Crippen molar-refractivity contribution in [3.63, 3.8) is 0 Å². The van der Waals surface area contributed by atoms with Crippen LogP contribution in [-0.4, -0.2) is 44.1 Å². The van der Waals surface area contributed by atoms with Gasteiger partial charge in [-0.15, -0.1) is 6.58 Å². The fourth-order valence-corrected chi connectivity index (χ4v) is 6.10. The number of rotatable bonds is 14. The Morgan fingerprint density at radius 1 is 0.870 bits per heavy atom. The van der Waals surface area contributed by atoms with E-state index < -0.39 is 20.5 Å². The number of halogens is 6. The van der Waals surface area contributed by atoms with E-state index in [1.54, 1.807) is 12.1 Å². The molecule has 1 aliphatic heterocycles. The second-order valence-corrected chi connectivity index (χ2v) is 58.7. The van der Waals surface area contributed by atoms with E-state index in [0.29, 0.717) is 41.7 Å². The number of benzene rings is 4. The molecular weight excluding hydrogens is 1150 g/mol. The second kappa shape index (κ2) is 28.8. The van der Waals surface area contributed by atoms with Crippen molar-refractivity contribution in [2.24, 2.45) is 11.8 Å². The number of aliphatic hydroxyl groups excluding tert-OH is 1. The van der Waals surface area contributed by atoms with Crippen molar-refractivity contribution in [2.45, 2.75) is 70.1 Å². The zero-order chi connectivity index (χ0) is 39.7. The molecule has 12 heteroatoms. The summed E-state index contributed by atoms with van der Waals surface area (Å²) in [5, 5.41) is 8.59. The van der Waals surface area contributed by atoms with Crippen molar-refractivity contribution in [3.05, 3.63) is 144 Å². The molecule has 0 aromatic heterocycles. The van der Waals surface area contributed by atoms with E-state index in [0.717, 1.165) is 61.5 Å². The first-order chi connectivity index (χ1) is 26.0. The molecule has 4 aromatic rings. The van der Waals surface area contributed by atoms with E-state index in [2.05, 4.69) is 73.0 Å². The zero-order valence-electron chi connectivity index (χ0n) is 30.6. The van der Waals surface area contributed by atoms with E-state index >= 15 is 0 Å². The van der Waals surface area contributed by atoms with Crippen LogP contribution in [0.5, 0.6) is 11.5 Å². The Morgan fingerprint density at radius 3 is 1.81 bits per heavy atom. The van der Waals surface area contributed by atoms with Gasteiger partial charge in [0.15, 0.2) is 23.1 Å². The Hall–Kier alpha value is -1.53. The standard InChI is InChI=1S/C21H24BrFO2.C14H11FO2.C7H14O.Bi.3BrH/c1-2-6-17-14-25-21(12-18(17)22)16-9-10-20(19(23)11-16)24-13-15-7-4-3-5-8-15;15-13-8-12(9-16)6-7-14(13)17-10-11-4-2-1-3-5-11;1-3-5-7(4-2)6-8;;;;/h3-5,7-11,17-18,21H,2,6,12-14H2,1H3;1-9H,10H2;4,7-8H,2-3,5-6H2,1H3;;3*1H/q;;;+3;;;/p-3. The van der Waals surface area contributed by atoms with Gasteiger partial charge in [0.05, 0.1) is 12.7 Å². The van der Waals surface area contributed by atoms with Crippen molar-refractivity contribution in [2.75, 3.05) is 13.2 Å². The van der Waals surface area contributed by atoms with Gasteiger partial charge in [-0.2, -0.15) is 0 Å². The van der Waals surface area contributed by atoms with E-state index in [9.17, 15) is 13.6 Å².